The first kappa shape index (κ1) is 18.7. The van der Waals surface area contributed by atoms with Gasteiger partial charge in [0.2, 0.25) is 11.8 Å². The molecule has 0 unspecified atom stereocenters. The van der Waals surface area contributed by atoms with Crippen LogP contribution in [0.25, 0.3) is 10.9 Å². The van der Waals surface area contributed by atoms with Crippen LogP contribution in [-0.2, 0) is 9.59 Å². The third kappa shape index (κ3) is 4.75. The number of hydrogen-bond acceptors (Lipinski definition) is 4. The van der Waals surface area contributed by atoms with Crippen molar-refractivity contribution >= 4 is 34.5 Å². The molecule has 0 radical (unpaired) electrons. The maximum Gasteiger partial charge on any atom is 0.248 e. The number of hydrazine groups is 1. The number of amides is 2. The molecule has 2 aromatic rings. The minimum absolute atomic E-state index is 0.0320. The van der Waals surface area contributed by atoms with Crippen molar-refractivity contribution in [2.24, 2.45) is 5.92 Å². The predicted octanol–water partition coefficient (Wildman–Crippen LogP) is 3.67. The summed E-state index contributed by atoms with van der Waals surface area (Å²) in [5.74, 6) is -0.0387. The summed E-state index contributed by atoms with van der Waals surface area (Å²) in [6, 6.07) is 8.24. The molecule has 1 aliphatic rings. The van der Waals surface area contributed by atoms with Crippen LogP contribution in [-0.4, -0.2) is 22.6 Å². The van der Waals surface area contributed by atoms with E-state index < -0.39 is 0 Å². The summed E-state index contributed by atoms with van der Waals surface area (Å²) >= 11 is 1.39. The fraction of sp³-hybridized carbons (Fsp3) is 0.450. The van der Waals surface area contributed by atoms with Crippen molar-refractivity contribution in [1.29, 1.82) is 0 Å². The first-order valence-corrected chi connectivity index (χ1v) is 10.1. The smallest absolute Gasteiger partial charge is 0.248 e. The quantitative estimate of drug-likeness (QED) is 0.635. The summed E-state index contributed by atoms with van der Waals surface area (Å²) in [5, 5.41) is 1.95. The number of pyridine rings is 1. The van der Waals surface area contributed by atoms with Crippen molar-refractivity contribution < 1.29 is 9.59 Å². The molecular weight excluding hydrogens is 346 g/mol. The summed E-state index contributed by atoms with van der Waals surface area (Å²) in [6.45, 7) is 4.06. The highest BCUT2D eigenvalue weighted by molar-refractivity contribution is 7.99. The second-order valence-corrected chi connectivity index (χ2v) is 7.93. The Morgan fingerprint density at radius 1 is 1.12 bits per heavy atom. The first-order chi connectivity index (χ1) is 12.5. The zero-order valence-corrected chi connectivity index (χ0v) is 16.1. The Kier molecular flexibility index (Phi) is 6.14. The van der Waals surface area contributed by atoms with E-state index in [1.807, 2.05) is 19.1 Å². The Morgan fingerprint density at radius 2 is 1.88 bits per heavy atom. The van der Waals surface area contributed by atoms with Gasteiger partial charge in [0.15, 0.2) is 0 Å². The SMILES string of the molecule is Cc1ccc2nc(SCC(=O)NNC(=O)C3CCCCC3)c(C)cc2c1. The van der Waals surface area contributed by atoms with E-state index >= 15 is 0 Å². The van der Waals surface area contributed by atoms with Gasteiger partial charge in [-0.2, -0.15) is 0 Å². The molecule has 138 valence electrons. The Bertz CT molecular complexity index is 816. The molecule has 2 N–H and O–H groups in total. The second-order valence-electron chi connectivity index (χ2n) is 6.97. The van der Waals surface area contributed by atoms with Gasteiger partial charge in [-0.1, -0.05) is 42.7 Å². The highest BCUT2D eigenvalue weighted by atomic mass is 32.2. The second kappa shape index (κ2) is 8.54. The van der Waals surface area contributed by atoms with Crippen LogP contribution in [0.3, 0.4) is 0 Å². The Balaban J connectivity index is 1.52. The number of benzene rings is 1. The molecular formula is C20H25N3O2S. The number of fused-ring (bicyclic) bond motifs is 1. The lowest BCUT2D eigenvalue weighted by molar-refractivity contribution is -0.131. The highest BCUT2D eigenvalue weighted by Crippen LogP contribution is 2.25. The standard InChI is InChI=1S/C20H25N3O2S/c1-13-8-9-17-16(10-13)11-14(2)20(21-17)26-12-18(24)22-23-19(25)15-6-4-3-5-7-15/h8-11,15H,3-7,12H2,1-2H3,(H,22,24)(H,23,25). The fourth-order valence-corrected chi connectivity index (χ4v) is 4.09. The van der Waals surface area contributed by atoms with Crippen LogP contribution < -0.4 is 10.9 Å². The minimum Gasteiger partial charge on any atom is -0.273 e. The van der Waals surface area contributed by atoms with E-state index in [0.29, 0.717) is 0 Å². The lowest BCUT2D eigenvalue weighted by atomic mass is 9.89. The van der Waals surface area contributed by atoms with E-state index in [-0.39, 0.29) is 23.5 Å². The normalized spacial score (nSPS) is 15.0. The summed E-state index contributed by atoms with van der Waals surface area (Å²) in [7, 11) is 0. The molecule has 0 saturated heterocycles. The van der Waals surface area contributed by atoms with Crippen LogP contribution in [0, 0.1) is 19.8 Å². The molecule has 1 saturated carbocycles. The molecule has 2 amide bonds. The van der Waals surface area contributed by atoms with Gasteiger partial charge in [0.25, 0.3) is 0 Å². The lowest BCUT2D eigenvalue weighted by Gasteiger charge is -2.20. The highest BCUT2D eigenvalue weighted by Gasteiger charge is 2.21. The van der Waals surface area contributed by atoms with E-state index in [2.05, 4.69) is 34.9 Å². The van der Waals surface area contributed by atoms with Gasteiger partial charge in [0.05, 0.1) is 11.3 Å². The Morgan fingerprint density at radius 3 is 2.65 bits per heavy atom. The number of carbonyl (C=O) groups is 2. The van der Waals surface area contributed by atoms with E-state index in [1.54, 1.807) is 0 Å². The summed E-state index contributed by atoms with van der Waals surface area (Å²) in [4.78, 5) is 28.8. The molecule has 0 atom stereocenters. The number of aromatic nitrogens is 1. The number of thioether (sulfide) groups is 1. The monoisotopic (exact) mass is 371 g/mol. The van der Waals surface area contributed by atoms with Crippen molar-refractivity contribution in [2.75, 3.05) is 5.75 Å². The third-order valence-electron chi connectivity index (χ3n) is 4.76. The van der Waals surface area contributed by atoms with Gasteiger partial charge < -0.3 is 0 Å². The van der Waals surface area contributed by atoms with Crippen molar-refractivity contribution in [3.05, 3.63) is 35.4 Å². The molecule has 0 bridgehead atoms. The number of rotatable bonds is 4. The maximum atomic E-state index is 12.1. The predicted molar refractivity (Wildman–Crippen MR) is 105 cm³/mol. The Labute approximate surface area is 158 Å². The fourth-order valence-electron chi connectivity index (χ4n) is 3.30. The van der Waals surface area contributed by atoms with Gasteiger partial charge in [0, 0.05) is 11.3 Å². The average molecular weight is 372 g/mol. The zero-order chi connectivity index (χ0) is 18.5. The molecule has 0 aliphatic heterocycles. The molecule has 3 rings (SSSR count). The number of hydrogen-bond donors (Lipinski definition) is 2. The molecule has 1 aromatic carbocycles. The summed E-state index contributed by atoms with van der Waals surface area (Å²) in [6.07, 6.45) is 5.21. The summed E-state index contributed by atoms with van der Waals surface area (Å²) < 4.78 is 0. The van der Waals surface area contributed by atoms with Gasteiger partial charge in [0.1, 0.15) is 5.03 Å². The number of carbonyl (C=O) groups excluding carboxylic acids is 2. The molecule has 0 spiro atoms. The Hall–Kier alpha value is -2.08. The van der Waals surface area contributed by atoms with Crippen LogP contribution in [0.2, 0.25) is 0 Å². The van der Waals surface area contributed by atoms with Gasteiger partial charge in [-0.3, -0.25) is 20.4 Å². The van der Waals surface area contributed by atoms with Crippen LogP contribution in [0.1, 0.15) is 43.2 Å². The van der Waals surface area contributed by atoms with Crippen molar-refractivity contribution in [3.8, 4) is 0 Å². The molecule has 1 aromatic heterocycles. The molecule has 6 heteroatoms. The van der Waals surface area contributed by atoms with Crippen molar-refractivity contribution in [1.82, 2.24) is 15.8 Å². The molecule has 1 fully saturated rings. The number of nitrogens with zero attached hydrogens (tertiary/aromatic N) is 1. The van der Waals surface area contributed by atoms with Crippen LogP contribution in [0.15, 0.2) is 29.3 Å². The van der Waals surface area contributed by atoms with Crippen molar-refractivity contribution in [2.45, 2.75) is 51.0 Å². The largest absolute Gasteiger partial charge is 0.273 e. The maximum absolute atomic E-state index is 12.1. The van der Waals surface area contributed by atoms with E-state index in [9.17, 15) is 9.59 Å². The molecule has 5 nitrogen and oxygen atoms in total. The number of aryl methyl sites for hydroxylation is 2. The topological polar surface area (TPSA) is 71.1 Å². The molecule has 1 heterocycles. The van der Waals surface area contributed by atoms with Crippen molar-refractivity contribution in [3.63, 3.8) is 0 Å². The molecule has 1 aliphatic carbocycles. The van der Waals surface area contributed by atoms with Crippen LogP contribution in [0.4, 0.5) is 0 Å². The molecule has 26 heavy (non-hydrogen) atoms. The third-order valence-corrected chi connectivity index (χ3v) is 5.85. The van der Waals surface area contributed by atoms with Crippen LogP contribution >= 0.6 is 11.8 Å². The number of nitrogens with one attached hydrogen (secondary N) is 2. The minimum atomic E-state index is -0.218. The van der Waals surface area contributed by atoms with Gasteiger partial charge in [-0.25, -0.2) is 4.98 Å². The lowest BCUT2D eigenvalue weighted by Crippen LogP contribution is -2.45. The summed E-state index contributed by atoms with van der Waals surface area (Å²) in [5.41, 5.74) is 8.27. The average Bonchev–Trinajstić information content (AvgIpc) is 2.65. The van der Waals surface area contributed by atoms with E-state index in [4.69, 9.17) is 0 Å². The van der Waals surface area contributed by atoms with E-state index in [0.717, 1.165) is 47.2 Å². The first-order valence-electron chi connectivity index (χ1n) is 9.12. The van der Waals surface area contributed by atoms with E-state index in [1.165, 1.54) is 23.7 Å². The van der Waals surface area contributed by atoms with Gasteiger partial charge >= 0.3 is 0 Å². The van der Waals surface area contributed by atoms with Gasteiger partial charge in [-0.05, 0) is 50.5 Å². The van der Waals surface area contributed by atoms with Gasteiger partial charge in [-0.15, -0.1) is 0 Å². The van der Waals surface area contributed by atoms with Crippen LogP contribution in [0.5, 0.6) is 0 Å². The zero-order valence-electron chi connectivity index (χ0n) is 15.3.